The molecule has 13 heavy (non-hydrogen) atoms. The van der Waals surface area contributed by atoms with Crippen molar-refractivity contribution in [1.82, 2.24) is 10.6 Å². The van der Waals surface area contributed by atoms with Crippen LogP contribution in [-0.2, 0) is 0 Å². The van der Waals surface area contributed by atoms with E-state index < -0.39 is 0 Å². The first-order chi connectivity index (χ1) is 6.13. The Kier molecular flexibility index (Phi) is 6.96. The summed E-state index contributed by atoms with van der Waals surface area (Å²) in [5, 5.41) is 7.35. The van der Waals surface area contributed by atoms with Gasteiger partial charge in [0.1, 0.15) is 0 Å². The summed E-state index contributed by atoms with van der Waals surface area (Å²) in [6.45, 7) is 8.64. The fourth-order valence-electron chi connectivity index (χ4n) is 1.05. The lowest BCUT2D eigenvalue weighted by Crippen LogP contribution is -2.44. The molecule has 0 aromatic rings. The molecule has 0 spiro atoms. The van der Waals surface area contributed by atoms with E-state index >= 15 is 0 Å². The number of hydrogen-bond acceptors (Lipinski definition) is 1. The number of thiocarbonyl (C=S) groups is 1. The number of hydrogen-bond donors (Lipinski definition) is 2. The molecule has 0 aromatic heterocycles. The van der Waals surface area contributed by atoms with Gasteiger partial charge in [0.2, 0.25) is 0 Å². The van der Waals surface area contributed by atoms with Crippen molar-refractivity contribution < 1.29 is 0 Å². The molecule has 78 valence electrons. The van der Waals surface area contributed by atoms with Gasteiger partial charge in [0.25, 0.3) is 0 Å². The van der Waals surface area contributed by atoms with Gasteiger partial charge in [-0.2, -0.15) is 0 Å². The predicted octanol–water partition coefficient (Wildman–Crippen LogP) is 2.44. The molecule has 0 heterocycles. The Labute approximate surface area is 87.5 Å². The van der Waals surface area contributed by atoms with Crippen molar-refractivity contribution in [1.29, 1.82) is 0 Å². The van der Waals surface area contributed by atoms with Crippen LogP contribution in [0.4, 0.5) is 0 Å². The van der Waals surface area contributed by atoms with E-state index in [-0.39, 0.29) is 0 Å². The highest BCUT2D eigenvalue weighted by Crippen LogP contribution is 1.96. The molecule has 0 saturated heterocycles. The van der Waals surface area contributed by atoms with Gasteiger partial charge in [0, 0.05) is 12.1 Å². The Hall–Kier alpha value is -0.310. The topological polar surface area (TPSA) is 24.1 Å². The fourth-order valence-corrected chi connectivity index (χ4v) is 1.41. The van der Waals surface area contributed by atoms with Crippen molar-refractivity contribution >= 4 is 17.3 Å². The lowest BCUT2D eigenvalue weighted by atomic mass is 10.2. The highest BCUT2D eigenvalue weighted by molar-refractivity contribution is 7.80. The second-order valence-electron chi connectivity index (χ2n) is 3.44. The third kappa shape index (κ3) is 5.86. The molecule has 0 radical (unpaired) electrons. The summed E-state index contributed by atoms with van der Waals surface area (Å²) in [6, 6.07) is 0.985. The Balaban J connectivity index is 3.72. The lowest BCUT2D eigenvalue weighted by molar-refractivity contribution is 0.550. The zero-order valence-electron chi connectivity index (χ0n) is 9.18. The van der Waals surface area contributed by atoms with Gasteiger partial charge in [0.05, 0.1) is 0 Å². The molecule has 0 rings (SSSR count). The summed E-state index contributed by atoms with van der Waals surface area (Å²) in [4.78, 5) is 0. The summed E-state index contributed by atoms with van der Waals surface area (Å²) >= 11 is 5.18. The molecule has 1 unspecified atom stereocenters. The van der Waals surface area contributed by atoms with Crippen LogP contribution in [0.3, 0.4) is 0 Å². The molecule has 0 bridgehead atoms. The van der Waals surface area contributed by atoms with Gasteiger partial charge in [-0.05, 0) is 38.4 Å². The molecule has 2 nitrogen and oxygen atoms in total. The Morgan fingerprint density at radius 3 is 2.00 bits per heavy atom. The first kappa shape index (κ1) is 12.7. The van der Waals surface area contributed by atoms with Crippen LogP contribution in [0, 0.1) is 0 Å². The first-order valence-corrected chi connectivity index (χ1v) is 5.61. The van der Waals surface area contributed by atoms with Gasteiger partial charge in [0.15, 0.2) is 5.11 Å². The maximum atomic E-state index is 5.18. The van der Waals surface area contributed by atoms with E-state index in [4.69, 9.17) is 12.2 Å². The molecule has 0 aliphatic rings. The van der Waals surface area contributed by atoms with E-state index in [1.807, 2.05) is 0 Å². The van der Waals surface area contributed by atoms with Crippen molar-refractivity contribution in [2.24, 2.45) is 0 Å². The quantitative estimate of drug-likeness (QED) is 0.670. The average molecular weight is 202 g/mol. The van der Waals surface area contributed by atoms with Crippen LogP contribution < -0.4 is 10.6 Å². The fraction of sp³-hybridized carbons (Fsp3) is 0.900. The van der Waals surface area contributed by atoms with Crippen LogP contribution in [0.25, 0.3) is 0 Å². The van der Waals surface area contributed by atoms with Gasteiger partial charge in [-0.25, -0.2) is 0 Å². The summed E-state index contributed by atoms with van der Waals surface area (Å²) in [5.41, 5.74) is 0. The van der Waals surface area contributed by atoms with E-state index in [0.29, 0.717) is 12.1 Å². The molecule has 0 saturated carbocycles. The normalized spacial score (nSPS) is 12.7. The predicted molar refractivity (Wildman–Crippen MR) is 63.0 cm³/mol. The van der Waals surface area contributed by atoms with Gasteiger partial charge < -0.3 is 10.6 Å². The molecular weight excluding hydrogens is 180 g/mol. The molecule has 0 fully saturated rings. The molecule has 0 aliphatic heterocycles. The minimum absolute atomic E-state index is 0.467. The smallest absolute Gasteiger partial charge is 0.166 e. The number of rotatable bonds is 5. The van der Waals surface area contributed by atoms with Crippen molar-refractivity contribution in [2.75, 3.05) is 0 Å². The highest BCUT2D eigenvalue weighted by atomic mass is 32.1. The average Bonchev–Trinajstić information content (AvgIpc) is 2.13. The maximum absolute atomic E-state index is 5.18. The first-order valence-electron chi connectivity index (χ1n) is 5.20. The molecule has 1 atom stereocenters. The summed E-state index contributed by atoms with van der Waals surface area (Å²) in [6.07, 6.45) is 3.35. The van der Waals surface area contributed by atoms with Crippen molar-refractivity contribution in [3.05, 3.63) is 0 Å². The van der Waals surface area contributed by atoms with E-state index in [9.17, 15) is 0 Å². The second-order valence-corrected chi connectivity index (χ2v) is 3.85. The summed E-state index contributed by atoms with van der Waals surface area (Å²) in [7, 11) is 0. The highest BCUT2D eigenvalue weighted by Gasteiger charge is 2.06. The molecule has 0 amide bonds. The Morgan fingerprint density at radius 1 is 1.08 bits per heavy atom. The lowest BCUT2D eigenvalue weighted by Gasteiger charge is -2.20. The van der Waals surface area contributed by atoms with Crippen molar-refractivity contribution in [3.63, 3.8) is 0 Å². The van der Waals surface area contributed by atoms with Crippen LogP contribution in [0.1, 0.15) is 47.0 Å². The standard InChI is InChI=1S/C10H22N2S/c1-5-8(4)11-10(13)12-9(6-2)7-3/h8-9H,5-7H2,1-4H3,(H2,11,12,13). The van der Waals surface area contributed by atoms with Crippen molar-refractivity contribution in [2.45, 2.75) is 59.0 Å². The molecule has 0 aromatic carbocycles. The second kappa shape index (κ2) is 7.13. The van der Waals surface area contributed by atoms with Crippen molar-refractivity contribution in [3.8, 4) is 0 Å². The van der Waals surface area contributed by atoms with Crippen LogP contribution in [0.5, 0.6) is 0 Å². The van der Waals surface area contributed by atoms with Crippen LogP contribution >= 0.6 is 12.2 Å². The zero-order valence-corrected chi connectivity index (χ0v) is 10.0. The van der Waals surface area contributed by atoms with Gasteiger partial charge in [-0.15, -0.1) is 0 Å². The third-order valence-electron chi connectivity index (χ3n) is 2.31. The minimum atomic E-state index is 0.467. The largest absolute Gasteiger partial charge is 0.360 e. The van der Waals surface area contributed by atoms with E-state index in [1.165, 1.54) is 0 Å². The molecular formula is C10H22N2S. The van der Waals surface area contributed by atoms with Gasteiger partial charge in [-0.3, -0.25) is 0 Å². The van der Waals surface area contributed by atoms with E-state index in [1.54, 1.807) is 0 Å². The SMILES string of the molecule is CCC(C)NC(=S)NC(CC)CC. The van der Waals surface area contributed by atoms with Crippen LogP contribution in [0.2, 0.25) is 0 Å². The van der Waals surface area contributed by atoms with Crippen LogP contribution in [-0.4, -0.2) is 17.2 Å². The Bertz CT molecular complexity index is 144. The monoisotopic (exact) mass is 202 g/mol. The van der Waals surface area contributed by atoms with Gasteiger partial charge in [-0.1, -0.05) is 20.8 Å². The van der Waals surface area contributed by atoms with Crippen LogP contribution in [0.15, 0.2) is 0 Å². The van der Waals surface area contributed by atoms with E-state index in [2.05, 4.69) is 38.3 Å². The number of nitrogens with one attached hydrogen (secondary N) is 2. The molecule has 0 aliphatic carbocycles. The summed E-state index contributed by atoms with van der Waals surface area (Å²) in [5.74, 6) is 0. The molecule has 2 N–H and O–H groups in total. The molecule has 3 heteroatoms. The van der Waals surface area contributed by atoms with Gasteiger partial charge >= 0.3 is 0 Å². The van der Waals surface area contributed by atoms with E-state index in [0.717, 1.165) is 24.4 Å². The Morgan fingerprint density at radius 2 is 1.62 bits per heavy atom. The third-order valence-corrected chi connectivity index (χ3v) is 2.55. The zero-order chi connectivity index (χ0) is 10.3. The summed E-state index contributed by atoms with van der Waals surface area (Å²) < 4.78 is 0. The maximum Gasteiger partial charge on any atom is 0.166 e. The minimum Gasteiger partial charge on any atom is -0.360 e.